The molecule has 7 nitrogen and oxygen atoms in total. The number of hydrogen-bond donors (Lipinski definition) is 0. The molecule has 1 amide bonds. The van der Waals surface area contributed by atoms with Gasteiger partial charge in [0, 0.05) is 38.8 Å². The van der Waals surface area contributed by atoms with Gasteiger partial charge in [0.2, 0.25) is 12.7 Å². The molecule has 4 rings (SSSR count). The fourth-order valence-electron chi connectivity index (χ4n) is 3.70. The number of piperidine rings is 1. The Labute approximate surface area is 164 Å². The lowest BCUT2D eigenvalue weighted by molar-refractivity contribution is -0.135. The lowest BCUT2D eigenvalue weighted by atomic mass is 9.95. The van der Waals surface area contributed by atoms with E-state index in [1.54, 1.807) is 17.2 Å². The molecule has 2 aliphatic heterocycles. The zero-order valence-corrected chi connectivity index (χ0v) is 15.8. The normalized spacial score (nSPS) is 15.9. The number of nitriles is 1. The average molecular weight is 378 g/mol. The topological polar surface area (TPSA) is 78.7 Å². The maximum atomic E-state index is 12.9. The molecule has 1 saturated heterocycles. The molecule has 7 heteroatoms. The third-order valence-electron chi connectivity index (χ3n) is 5.28. The summed E-state index contributed by atoms with van der Waals surface area (Å²) in [6.07, 6.45) is 3.18. The van der Waals surface area contributed by atoms with E-state index in [1.165, 1.54) is 0 Å². The van der Waals surface area contributed by atoms with Crippen molar-refractivity contribution in [2.24, 2.45) is 5.92 Å². The quantitative estimate of drug-likeness (QED) is 0.814. The molecule has 3 heterocycles. The highest BCUT2D eigenvalue weighted by molar-refractivity contribution is 5.79. The largest absolute Gasteiger partial charge is 0.454 e. The van der Waals surface area contributed by atoms with Crippen molar-refractivity contribution in [3.63, 3.8) is 0 Å². The molecule has 0 bridgehead atoms. The molecule has 0 spiro atoms. The highest BCUT2D eigenvalue weighted by atomic mass is 16.7. The molecule has 0 radical (unpaired) electrons. The van der Waals surface area contributed by atoms with E-state index >= 15 is 0 Å². The fraction of sp³-hybridized carbons (Fsp3) is 0.381. The van der Waals surface area contributed by atoms with E-state index in [0.717, 1.165) is 48.8 Å². The summed E-state index contributed by atoms with van der Waals surface area (Å²) in [4.78, 5) is 21.2. The van der Waals surface area contributed by atoms with Crippen molar-refractivity contribution in [3.8, 4) is 17.6 Å². The van der Waals surface area contributed by atoms with E-state index < -0.39 is 0 Å². The van der Waals surface area contributed by atoms with E-state index in [2.05, 4.69) is 16.0 Å². The highest BCUT2D eigenvalue weighted by Crippen LogP contribution is 2.33. The summed E-state index contributed by atoms with van der Waals surface area (Å²) in [5.74, 6) is 2.54. The van der Waals surface area contributed by atoms with Crippen LogP contribution in [0.15, 0.2) is 36.5 Å². The number of carbonyl (C=O) groups is 1. The van der Waals surface area contributed by atoms with Crippen molar-refractivity contribution < 1.29 is 14.3 Å². The lowest BCUT2D eigenvalue weighted by Gasteiger charge is -2.34. The Bertz CT molecular complexity index is 899. The van der Waals surface area contributed by atoms with Gasteiger partial charge in [0.05, 0.1) is 5.56 Å². The van der Waals surface area contributed by atoms with Gasteiger partial charge in [-0.1, -0.05) is 6.07 Å². The van der Waals surface area contributed by atoms with Gasteiger partial charge in [0.1, 0.15) is 11.9 Å². The van der Waals surface area contributed by atoms with Crippen molar-refractivity contribution in [2.75, 3.05) is 31.8 Å². The molecule has 1 aromatic carbocycles. The van der Waals surface area contributed by atoms with Crippen LogP contribution in [0.3, 0.4) is 0 Å². The maximum Gasteiger partial charge on any atom is 0.231 e. The van der Waals surface area contributed by atoms with Crippen molar-refractivity contribution in [1.29, 1.82) is 5.26 Å². The van der Waals surface area contributed by atoms with Gasteiger partial charge >= 0.3 is 0 Å². The average Bonchev–Trinajstić information content (AvgIpc) is 3.21. The molecule has 144 valence electrons. The molecule has 28 heavy (non-hydrogen) atoms. The molecule has 0 unspecified atom stereocenters. The third-order valence-corrected chi connectivity index (χ3v) is 5.28. The summed E-state index contributed by atoms with van der Waals surface area (Å²) >= 11 is 0. The number of nitrogens with zero attached hydrogens (tertiary/aromatic N) is 4. The second-order valence-corrected chi connectivity index (χ2v) is 7.16. The molecule has 2 aromatic rings. The van der Waals surface area contributed by atoms with E-state index in [4.69, 9.17) is 14.7 Å². The van der Waals surface area contributed by atoms with Crippen LogP contribution in [0.2, 0.25) is 0 Å². The van der Waals surface area contributed by atoms with Gasteiger partial charge in [-0.15, -0.1) is 0 Å². The summed E-state index contributed by atoms with van der Waals surface area (Å²) < 4.78 is 10.7. The maximum absolute atomic E-state index is 12.9. The SMILES string of the molecule is CN(Cc1ccc2c(c1)OCO2)C(=O)C1CCN(c2ccc(C#N)cn2)CC1. The Morgan fingerprint density at radius 3 is 2.75 bits per heavy atom. The Kier molecular flexibility index (Phi) is 5.02. The molecular formula is C21H22N4O3. The van der Waals surface area contributed by atoms with Crippen LogP contribution in [-0.4, -0.2) is 42.7 Å². The molecule has 1 aromatic heterocycles. The van der Waals surface area contributed by atoms with Crippen LogP contribution in [0.5, 0.6) is 11.5 Å². The van der Waals surface area contributed by atoms with E-state index in [-0.39, 0.29) is 18.6 Å². The Morgan fingerprint density at radius 1 is 1.25 bits per heavy atom. The number of fused-ring (bicyclic) bond motifs is 1. The number of rotatable bonds is 4. The molecule has 0 N–H and O–H groups in total. The minimum absolute atomic E-state index is 0.0219. The Hall–Kier alpha value is -3.27. The second-order valence-electron chi connectivity index (χ2n) is 7.16. The van der Waals surface area contributed by atoms with Crippen LogP contribution in [0.1, 0.15) is 24.0 Å². The zero-order valence-electron chi connectivity index (χ0n) is 15.8. The van der Waals surface area contributed by atoms with Crippen LogP contribution in [0, 0.1) is 17.2 Å². The van der Waals surface area contributed by atoms with Crippen molar-refractivity contribution in [1.82, 2.24) is 9.88 Å². The number of anilines is 1. The van der Waals surface area contributed by atoms with E-state index in [1.807, 2.05) is 31.3 Å². The number of ether oxygens (including phenoxy) is 2. The number of hydrogen-bond acceptors (Lipinski definition) is 6. The van der Waals surface area contributed by atoms with Crippen molar-refractivity contribution in [2.45, 2.75) is 19.4 Å². The third kappa shape index (κ3) is 3.72. The summed E-state index contributed by atoms with van der Waals surface area (Å²) in [5, 5.41) is 8.88. The minimum Gasteiger partial charge on any atom is -0.454 e. The first-order chi connectivity index (χ1) is 13.6. The van der Waals surface area contributed by atoms with Gasteiger partial charge < -0.3 is 19.3 Å². The molecule has 0 atom stereocenters. The van der Waals surface area contributed by atoms with Crippen LogP contribution < -0.4 is 14.4 Å². The van der Waals surface area contributed by atoms with Gasteiger partial charge in [-0.05, 0) is 42.7 Å². The van der Waals surface area contributed by atoms with E-state index in [9.17, 15) is 4.79 Å². The Balaban J connectivity index is 1.32. The lowest BCUT2D eigenvalue weighted by Crippen LogP contribution is -2.41. The molecule has 0 saturated carbocycles. The molecule has 1 fully saturated rings. The smallest absolute Gasteiger partial charge is 0.231 e. The highest BCUT2D eigenvalue weighted by Gasteiger charge is 2.28. The predicted octanol–water partition coefficient (Wildman–Crippen LogP) is 2.56. The second kappa shape index (κ2) is 7.77. The molecule has 0 aliphatic carbocycles. The molecule has 2 aliphatic rings. The van der Waals surface area contributed by atoms with Gasteiger partial charge in [-0.2, -0.15) is 5.26 Å². The summed E-state index contributed by atoms with van der Waals surface area (Å²) in [6.45, 7) is 2.37. The van der Waals surface area contributed by atoms with Gasteiger partial charge in [-0.3, -0.25) is 4.79 Å². The summed E-state index contributed by atoms with van der Waals surface area (Å²) in [7, 11) is 1.85. The summed E-state index contributed by atoms with van der Waals surface area (Å²) in [6, 6.07) is 11.5. The van der Waals surface area contributed by atoms with Crippen LogP contribution in [0.4, 0.5) is 5.82 Å². The van der Waals surface area contributed by atoms with Gasteiger partial charge in [-0.25, -0.2) is 4.98 Å². The first-order valence-corrected chi connectivity index (χ1v) is 9.38. The number of benzene rings is 1. The minimum atomic E-state index is 0.0219. The standard InChI is InChI=1S/C21H22N4O3/c1-24(13-15-2-4-18-19(10-15)28-14-27-18)21(26)17-6-8-25(9-7-17)20-5-3-16(11-22)12-23-20/h2-5,10,12,17H,6-9,13-14H2,1H3. The Morgan fingerprint density at radius 2 is 2.04 bits per heavy atom. The van der Waals surface area contributed by atoms with Crippen LogP contribution in [0.25, 0.3) is 0 Å². The number of pyridine rings is 1. The van der Waals surface area contributed by atoms with Crippen LogP contribution in [-0.2, 0) is 11.3 Å². The number of aromatic nitrogens is 1. The first kappa shape index (κ1) is 18.1. The number of amides is 1. The summed E-state index contributed by atoms with van der Waals surface area (Å²) in [5.41, 5.74) is 1.58. The van der Waals surface area contributed by atoms with Crippen molar-refractivity contribution in [3.05, 3.63) is 47.7 Å². The van der Waals surface area contributed by atoms with Gasteiger partial charge in [0.15, 0.2) is 11.5 Å². The molecular weight excluding hydrogens is 356 g/mol. The monoisotopic (exact) mass is 378 g/mol. The predicted molar refractivity (Wildman–Crippen MR) is 103 cm³/mol. The fourth-order valence-corrected chi connectivity index (χ4v) is 3.70. The van der Waals surface area contributed by atoms with Gasteiger partial charge in [0.25, 0.3) is 0 Å². The number of carbonyl (C=O) groups excluding carboxylic acids is 1. The first-order valence-electron chi connectivity index (χ1n) is 9.38. The van der Waals surface area contributed by atoms with Crippen molar-refractivity contribution >= 4 is 11.7 Å². The van der Waals surface area contributed by atoms with Crippen LogP contribution >= 0.6 is 0 Å². The zero-order chi connectivity index (χ0) is 19.5. The van der Waals surface area contributed by atoms with E-state index in [0.29, 0.717) is 12.1 Å².